The van der Waals surface area contributed by atoms with Crippen molar-refractivity contribution in [3.63, 3.8) is 0 Å². The van der Waals surface area contributed by atoms with Crippen LogP contribution < -0.4 is 11.1 Å². The molecule has 1 aromatic heterocycles. The Morgan fingerprint density at radius 1 is 1.19 bits per heavy atom. The Morgan fingerprint density at radius 2 is 1.96 bits per heavy atom. The third kappa shape index (κ3) is 4.11. The number of halogens is 1. The number of furan rings is 1. The molecule has 0 unspecified atom stereocenters. The molecule has 1 aliphatic rings. The number of nitrogens with one attached hydrogen (secondary N) is 1. The molecule has 3 rings (SSSR count). The molecule has 2 amide bonds. The second-order valence-electron chi connectivity index (χ2n) is 6.51. The maximum Gasteiger partial charge on any atom is 0.284 e. The van der Waals surface area contributed by atoms with Crippen LogP contribution in [0.2, 0.25) is 0 Å². The van der Waals surface area contributed by atoms with E-state index < -0.39 is 11.3 Å². The van der Waals surface area contributed by atoms with E-state index in [1.54, 1.807) is 12.1 Å². The number of primary amides is 1. The molecule has 0 radical (unpaired) electrons. The lowest BCUT2D eigenvalue weighted by Crippen LogP contribution is -2.45. The number of ether oxygens (including phenoxy) is 1. The molecule has 1 fully saturated rings. The average Bonchev–Trinajstić information content (AvgIpc) is 3.10. The van der Waals surface area contributed by atoms with Gasteiger partial charge in [-0.2, -0.15) is 0 Å². The van der Waals surface area contributed by atoms with Gasteiger partial charge in [-0.1, -0.05) is 12.1 Å². The van der Waals surface area contributed by atoms with Gasteiger partial charge in [0, 0.05) is 13.2 Å². The first-order chi connectivity index (χ1) is 12.5. The molecule has 3 N–H and O–H groups in total. The lowest BCUT2D eigenvalue weighted by atomic mass is 9.74. The van der Waals surface area contributed by atoms with Gasteiger partial charge < -0.3 is 20.2 Å². The van der Waals surface area contributed by atoms with E-state index in [1.807, 2.05) is 6.07 Å². The first-order valence-electron chi connectivity index (χ1n) is 8.47. The number of hydrogen-bond acceptors (Lipinski definition) is 4. The molecular weight excluding hydrogens is 339 g/mol. The van der Waals surface area contributed by atoms with E-state index in [2.05, 4.69) is 5.32 Å². The van der Waals surface area contributed by atoms with Gasteiger partial charge in [-0.15, -0.1) is 0 Å². The van der Waals surface area contributed by atoms with E-state index >= 15 is 0 Å². The zero-order chi connectivity index (χ0) is 18.6. The summed E-state index contributed by atoms with van der Waals surface area (Å²) in [6.45, 7) is 1.11. The molecule has 2 heterocycles. The number of rotatable bonds is 6. The maximum atomic E-state index is 13.5. The predicted molar refractivity (Wildman–Crippen MR) is 91.7 cm³/mol. The average molecular weight is 360 g/mol. The molecule has 1 saturated heterocycles. The molecule has 0 atom stereocenters. The standard InChI is InChI=1S/C19H21FN2O4/c20-14-3-1-2-13(10-14)11-19(6-8-25-9-7-19)18(24)22-12-15-4-5-16(26-15)17(21)23/h1-5,10H,6-9,11-12H2,(H2,21,23)(H,22,24). The van der Waals surface area contributed by atoms with Gasteiger partial charge >= 0.3 is 0 Å². The molecule has 0 spiro atoms. The third-order valence-electron chi connectivity index (χ3n) is 4.69. The fourth-order valence-electron chi connectivity index (χ4n) is 3.24. The van der Waals surface area contributed by atoms with Gasteiger partial charge in [-0.25, -0.2) is 4.39 Å². The van der Waals surface area contributed by atoms with E-state index in [4.69, 9.17) is 14.9 Å². The van der Waals surface area contributed by atoms with Gasteiger partial charge in [0.15, 0.2) is 5.76 Å². The van der Waals surface area contributed by atoms with E-state index in [-0.39, 0.29) is 24.0 Å². The molecule has 138 valence electrons. The fraction of sp³-hybridized carbons (Fsp3) is 0.368. The van der Waals surface area contributed by atoms with Crippen LogP contribution in [-0.4, -0.2) is 25.0 Å². The smallest absolute Gasteiger partial charge is 0.284 e. The monoisotopic (exact) mass is 360 g/mol. The van der Waals surface area contributed by atoms with Crippen molar-refractivity contribution in [1.82, 2.24) is 5.32 Å². The summed E-state index contributed by atoms with van der Waals surface area (Å²) in [5, 5.41) is 2.86. The van der Waals surface area contributed by atoms with Crippen molar-refractivity contribution in [3.05, 3.63) is 59.3 Å². The second kappa shape index (κ2) is 7.70. The third-order valence-corrected chi connectivity index (χ3v) is 4.69. The summed E-state index contributed by atoms with van der Waals surface area (Å²) in [5.41, 5.74) is 5.27. The van der Waals surface area contributed by atoms with Crippen molar-refractivity contribution in [2.45, 2.75) is 25.8 Å². The summed E-state index contributed by atoms with van der Waals surface area (Å²) in [6, 6.07) is 9.37. The highest BCUT2D eigenvalue weighted by molar-refractivity contribution is 5.89. The number of amides is 2. The molecular formula is C19H21FN2O4. The zero-order valence-electron chi connectivity index (χ0n) is 14.3. The highest BCUT2D eigenvalue weighted by Gasteiger charge is 2.40. The first-order valence-corrected chi connectivity index (χ1v) is 8.47. The van der Waals surface area contributed by atoms with E-state index in [0.29, 0.717) is 38.2 Å². The van der Waals surface area contributed by atoms with Crippen LogP contribution in [0, 0.1) is 11.2 Å². The normalized spacial score (nSPS) is 16.2. The van der Waals surface area contributed by atoms with Crippen molar-refractivity contribution in [1.29, 1.82) is 0 Å². The summed E-state index contributed by atoms with van der Waals surface area (Å²) in [7, 11) is 0. The van der Waals surface area contributed by atoms with E-state index in [0.717, 1.165) is 5.56 Å². The summed E-state index contributed by atoms with van der Waals surface area (Å²) in [6.07, 6.45) is 1.55. The Kier molecular flexibility index (Phi) is 5.37. The lowest BCUT2D eigenvalue weighted by Gasteiger charge is -2.36. The quantitative estimate of drug-likeness (QED) is 0.825. The first kappa shape index (κ1) is 18.1. The second-order valence-corrected chi connectivity index (χ2v) is 6.51. The zero-order valence-corrected chi connectivity index (χ0v) is 14.3. The molecule has 6 nitrogen and oxygen atoms in total. The molecule has 0 saturated carbocycles. The van der Waals surface area contributed by atoms with Gasteiger partial charge in [0.05, 0.1) is 12.0 Å². The van der Waals surface area contributed by atoms with E-state index in [1.165, 1.54) is 18.2 Å². The topological polar surface area (TPSA) is 94.6 Å². The number of carbonyl (C=O) groups is 2. The van der Waals surface area contributed by atoms with Crippen molar-refractivity contribution in [2.24, 2.45) is 11.1 Å². The molecule has 26 heavy (non-hydrogen) atoms. The van der Waals surface area contributed by atoms with Crippen LogP contribution in [0.3, 0.4) is 0 Å². The van der Waals surface area contributed by atoms with Gasteiger partial charge in [0.2, 0.25) is 5.91 Å². The van der Waals surface area contributed by atoms with Gasteiger partial charge in [-0.05, 0) is 49.1 Å². The van der Waals surface area contributed by atoms with Crippen LogP contribution in [0.15, 0.2) is 40.8 Å². The molecule has 1 aromatic carbocycles. The Balaban J connectivity index is 1.71. The molecule has 0 aliphatic carbocycles. The minimum Gasteiger partial charge on any atom is -0.454 e. The van der Waals surface area contributed by atoms with Crippen molar-refractivity contribution < 1.29 is 23.1 Å². The Labute approximate surface area is 150 Å². The molecule has 7 heteroatoms. The van der Waals surface area contributed by atoms with Crippen molar-refractivity contribution >= 4 is 11.8 Å². The van der Waals surface area contributed by atoms with E-state index in [9.17, 15) is 14.0 Å². The minimum atomic E-state index is -0.662. The number of benzene rings is 1. The van der Waals surface area contributed by atoms with Gasteiger partial charge in [0.25, 0.3) is 5.91 Å². The summed E-state index contributed by atoms with van der Waals surface area (Å²) >= 11 is 0. The molecule has 2 aromatic rings. The number of nitrogens with two attached hydrogens (primary N) is 1. The fourth-order valence-corrected chi connectivity index (χ4v) is 3.24. The number of carbonyl (C=O) groups excluding carboxylic acids is 2. The van der Waals surface area contributed by atoms with Crippen LogP contribution in [0.1, 0.15) is 34.7 Å². The van der Waals surface area contributed by atoms with Gasteiger partial charge in [-0.3, -0.25) is 9.59 Å². The number of hydrogen-bond donors (Lipinski definition) is 2. The predicted octanol–water partition coefficient (Wildman–Crippen LogP) is 2.17. The molecule has 1 aliphatic heterocycles. The maximum absolute atomic E-state index is 13.5. The Hall–Kier alpha value is -2.67. The lowest BCUT2D eigenvalue weighted by molar-refractivity contribution is -0.137. The summed E-state index contributed by atoms with van der Waals surface area (Å²) in [5.74, 6) is -0.619. The van der Waals surface area contributed by atoms with Crippen LogP contribution >= 0.6 is 0 Å². The highest BCUT2D eigenvalue weighted by atomic mass is 19.1. The van der Waals surface area contributed by atoms with Crippen LogP contribution in [0.4, 0.5) is 4.39 Å². The SMILES string of the molecule is NC(=O)c1ccc(CNC(=O)C2(Cc3cccc(F)c3)CCOCC2)o1. The van der Waals surface area contributed by atoms with Crippen LogP contribution in [0.5, 0.6) is 0 Å². The molecule has 0 bridgehead atoms. The van der Waals surface area contributed by atoms with Gasteiger partial charge in [0.1, 0.15) is 11.6 Å². The summed E-state index contributed by atoms with van der Waals surface area (Å²) in [4.78, 5) is 24.0. The Bertz CT molecular complexity index is 796. The van der Waals surface area contributed by atoms with Crippen LogP contribution in [0.25, 0.3) is 0 Å². The largest absolute Gasteiger partial charge is 0.454 e. The Morgan fingerprint density at radius 3 is 2.62 bits per heavy atom. The summed E-state index contributed by atoms with van der Waals surface area (Å²) < 4.78 is 24.2. The van der Waals surface area contributed by atoms with Crippen molar-refractivity contribution in [3.8, 4) is 0 Å². The highest BCUT2D eigenvalue weighted by Crippen LogP contribution is 2.35. The van der Waals surface area contributed by atoms with Crippen LogP contribution in [-0.2, 0) is 22.5 Å². The van der Waals surface area contributed by atoms with Crippen molar-refractivity contribution in [2.75, 3.05) is 13.2 Å². The minimum absolute atomic E-state index is 0.0507.